The van der Waals surface area contributed by atoms with E-state index in [1.54, 1.807) is 11.8 Å². The molecule has 0 unspecified atom stereocenters. The van der Waals surface area contributed by atoms with Gasteiger partial charge in [0.05, 0.1) is 22.7 Å². The van der Waals surface area contributed by atoms with Crippen LogP contribution in [0.3, 0.4) is 0 Å². The van der Waals surface area contributed by atoms with Crippen molar-refractivity contribution >= 4 is 72.7 Å². The van der Waals surface area contributed by atoms with Gasteiger partial charge in [-0.15, -0.1) is 0 Å². The van der Waals surface area contributed by atoms with Crippen LogP contribution in [-0.4, -0.2) is 29.1 Å². The Labute approximate surface area is 337 Å². The van der Waals surface area contributed by atoms with E-state index in [1.807, 2.05) is 36.7 Å². The first-order chi connectivity index (χ1) is 28.8. The number of anilines is 3. The summed E-state index contributed by atoms with van der Waals surface area (Å²) < 4.78 is 4.42. The van der Waals surface area contributed by atoms with Gasteiger partial charge in [-0.3, -0.25) is 9.13 Å². The Bertz CT molecular complexity index is 3190. The highest BCUT2D eigenvalue weighted by Gasteiger charge is 2.28. The van der Waals surface area contributed by atoms with E-state index in [-0.39, 0.29) is 0 Å². The zero-order valence-electron chi connectivity index (χ0n) is 30.9. The maximum Gasteiger partial charge on any atom is 0.164 e. The third-order valence-electron chi connectivity index (χ3n) is 11.0. The molecule has 0 N–H and O–H groups in total. The predicted octanol–water partition coefficient (Wildman–Crippen LogP) is 12.7. The average Bonchev–Trinajstić information content (AvgIpc) is 3.87. The van der Waals surface area contributed by atoms with Gasteiger partial charge in [-0.05, 0) is 89.6 Å². The minimum absolute atomic E-state index is 0.784. The van der Waals surface area contributed by atoms with E-state index >= 15 is 0 Å². The van der Waals surface area contributed by atoms with Crippen molar-refractivity contribution in [1.82, 2.24) is 29.1 Å². The lowest BCUT2D eigenvalue weighted by atomic mass is 10.0. The van der Waals surface area contributed by atoms with Gasteiger partial charge in [0.2, 0.25) is 0 Å². The van der Waals surface area contributed by atoms with Crippen LogP contribution < -0.4 is 4.90 Å². The molecule has 5 heterocycles. The number of hydrogen-bond acceptors (Lipinski definition) is 6. The number of pyridine rings is 2. The van der Waals surface area contributed by atoms with E-state index < -0.39 is 0 Å². The number of aromatic nitrogens is 6. The van der Waals surface area contributed by atoms with Gasteiger partial charge in [0, 0.05) is 49.8 Å². The molecule has 0 fully saturated rings. The minimum atomic E-state index is 0.784. The van der Waals surface area contributed by atoms with Crippen LogP contribution in [0, 0.1) is 0 Å². The number of benzene rings is 7. The summed E-state index contributed by atoms with van der Waals surface area (Å²) >= 11 is 1.80. The monoisotopic (exact) mass is 761 g/mol. The van der Waals surface area contributed by atoms with Gasteiger partial charge in [-0.2, -0.15) is 0 Å². The van der Waals surface area contributed by atoms with Crippen LogP contribution in [0.2, 0.25) is 0 Å². The molecule has 0 bridgehead atoms. The van der Waals surface area contributed by atoms with Crippen LogP contribution in [0.5, 0.6) is 0 Å². The van der Waals surface area contributed by atoms with E-state index in [1.165, 1.54) is 9.79 Å². The van der Waals surface area contributed by atoms with Crippen molar-refractivity contribution < 1.29 is 0 Å². The van der Waals surface area contributed by atoms with E-state index in [2.05, 4.69) is 166 Å². The molecule has 12 rings (SSSR count). The van der Waals surface area contributed by atoms with Crippen LogP contribution >= 0.6 is 11.8 Å². The van der Waals surface area contributed by atoms with Crippen molar-refractivity contribution in [2.75, 3.05) is 4.90 Å². The first-order valence-corrected chi connectivity index (χ1v) is 20.0. The summed E-state index contributed by atoms with van der Waals surface area (Å²) in [5, 5.41) is 4.53. The van der Waals surface area contributed by atoms with Gasteiger partial charge in [-0.25, -0.2) is 19.9 Å². The molecule has 1 aliphatic heterocycles. The molecular weight excluding hydrogens is 731 g/mol. The Morgan fingerprint density at radius 2 is 0.845 bits per heavy atom. The molecule has 0 spiro atoms. The van der Waals surface area contributed by atoms with Crippen molar-refractivity contribution in [3.63, 3.8) is 0 Å². The number of rotatable bonds is 5. The van der Waals surface area contributed by atoms with Crippen LogP contribution in [-0.2, 0) is 0 Å². The van der Waals surface area contributed by atoms with Crippen LogP contribution in [0.4, 0.5) is 17.1 Å². The highest BCUT2D eigenvalue weighted by atomic mass is 32.2. The third-order valence-corrected chi connectivity index (χ3v) is 12.1. The van der Waals surface area contributed by atoms with E-state index in [4.69, 9.17) is 19.9 Å². The van der Waals surface area contributed by atoms with Crippen molar-refractivity contribution in [3.8, 4) is 34.2 Å². The van der Waals surface area contributed by atoms with Gasteiger partial charge >= 0.3 is 0 Å². The summed E-state index contributed by atoms with van der Waals surface area (Å²) in [6.45, 7) is 0. The van der Waals surface area contributed by atoms with Crippen molar-refractivity contribution in [2.24, 2.45) is 0 Å². The van der Waals surface area contributed by atoms with Gasteiger partial charge in [0.1, 0.15) is 22.7 Å². The molecule has 0 radical (unpaired) electrons. The van der Waals surface area contributed by atoms with Crippen molar-refractivity contribution in [2.45, 2.75) is 9.79 Å². The lowest BCUT2D eigenvalue weighted by Crippen LogP contribution is -2.15. The quantitative estimate of drug-likeness (QED) is 0.174. The highest BCUT2D eigenvalue weighted by molar-refractivity contribution is 7.99. The van der Waals surface area contributed by atoms with Crippen LogP contribution in [0.15, 0.2) is 198 Å². The van der Waals surface area contributed by atoms with Crippen LogP contribution in [0.1, 0.15) is 0 Å². The smallest absolute Gasteiger partial charge is 0.164 e. The number of hydrogen-bond donors (Lipinski definition) is 0. The fourth-order valence-corrected chi connectivity index (χ4v) is 9.51. The van der Waals surface area contributed by atoms with E-state index in [0.29, 0.717) is 0 Å². The first-order valence-electron chi connectivity index (χ1n) is 19.2. The van der Waals surface area contributed by atoms with Crippen molar-refractivity contribution in [1.29, 1.82) is 0 Å². The number of nitrogens with zero attached hydrogens (tertiary/aromatic N) is 7. The third kappa shape index (κ3) is 5.09. The van der Waals surface area contributed by atoms with E-state index in [0.717, 1.165) is 95.1 Å². The maximum absolute atomic E-state index is 5.38. The molecular formula is C50H31N7S. The lowest BCUT2D eigenvalue weighted by Gasteiger charge is -2.33. The molecule has 0 saturated heterocycles. The van der Waals surface area contributed by atoms with E-state index in [9.17, 15) is 0 Å². The molecule has 0 saturated carbocycles. The second-order valence-corrected chi connectivity index (χ2v) is 15.5. The molecule has 1 aliphatic rings. The Morgan fingerprint density at radius 1 is 0.397 bits per heavy atom. The SMILES string of the molecule is c1ccc2c(c1)Sc1ccccc1N2c1cc(-c2nc3cccnc3n2-c2cccc3ccccc23)cc(-c2nc3cccnc3n2-c2cccc3ccccc23)c1. The Kier molecular flexibility index (Phi) is 7.33. The second kappa shape index (κ2) is 13.0. The molecule has 58 heavy (non-hydrogen) atoms. The van der Waals surface area contributed by atoms with Gasteiger partial charge < -0.3 is 4.90 Å². The summed E-state index contributed by atoms with van der Waals surface area (Å²) in [6, 6.07) is 61.8. The molecule has 11 aromatic rings. The zero-order chi connectivity index (χ0) is 38.2. The number of imidazole rings is 2. The molecule has 0 atom stereocenters. The summed E-state index contributed by atoms with van der Waals surface area (Å²) in [6.07, 6.45) is 3.69. The molecule has 0 amide bonds. The Morgan fingerprint density at radius 3 is 1.38 bits per heavy atom. The molecule has 272 valence electrons. The molecule has 7 nitrogen and oxygen atoms in total. The van der Waals surface area contributed by atoms with Gasteiger partial charge in [0.25, 0.3) is 0 Å². The second-order valence-electron chi connectivity index (χ2n) is 14.4. The van der Waals surface area contributed by atoms with Gasteiger partial charge in [0.15, 0.2) is 11.3 Å². The minimum Gasteiger partial charge on any atom is -0.308 e. The summed E-state index contributed by atoms with van der Waals surface area (Å²) in [4.78, 5) is 25.4. The summed E-state index contributed by atoms with van der Waals surface area (Å²) in [5.74, 6) is 1.57. The first kappa shape index (κ1) is 32.7. The highest BCUT2D eigenvalue weighted by Crippen LogP contribution is 2.52. The Hall–Kier alpha value is -7.55. The molecule has 8 heteroatoms. The predicted molar refractivity (Wildman–Crippen MR) is 236 cm³/mol. The topological polar surface area (TPSA) is 64.7 Å². The van der Waals surface area contributed by atoms with Gasteiger partial charge in [-0.1, -0.05) is 109 Å². The normalized spacial score (nSPS) is 12.4. The maximum atomic E-state index is 5.38. The zero-order valence-corrected chi connectivity index (χ0v) is 31.8. The number of para-hydroxylation sites is 2. The molecule has 7 aromatic carbocycles. The Balaban J connectivity index is 1.19. The summed E-state index contributed by atoms with van der Waals surface area (Å²) in [7, 11) is 0. The standard InChI is InChI=1S/C50H31N7S/c1-3-17-37-32(13-1)15-9-23-41(37)56-47(53-39-19-11-27-51-49(39)56)34-29-35(31-36(30-34)55-43-21-5-7-25-45(43)58-46-26-8-6-22-44(46)55)48-54-40-20-12-28-52-50(40)57(48)42-24-10-16-33-14-2-4-18-38(33)42/h1-31H. The van der Waals surface area contributed by atoms with Crippen molar-refractivity contribution in [3.05, 3.63) is 188 Å². The molecule has 0 aliphatic carbocycles. The fraction of sp³-hybridized carbons (Fsp3) is 0. The molecule has 4 aromatic heterocycles. The lowest BCUT2D eigenvalue weighted by molar-refractivity contribution is 1.08. The fourth-order valence-electron chi connectivity index (χ4n) is 8.46. The van der Waals surface area contributed by atoms with Crippen LogP contribution in [0.25, 0.3) is 78.0 Å². The largest absolute Gasteiger partial charge is 0.308 e. The summed E-state index contributed by atoms with van der Waals surface area (Å²) in [5.41, 5.74) is 10.3. The number of fused-ring (bicyclic) bond motifs is 6. The average molecular weight is 762 g/mol.